The lowest BCUT2D eigenvalue weighted by atomic mass is 9.84. The number of esters is 1. The van der Waals surface area contributed by atoms with Crippen LogP contribution in [0.5, 0.6) is 0 Å². The Morgan fingerprint density at radius 3 is 1.74 bits per heavy atom. The molecule has 3 nitrogen and oxygen atoms in total. The van der Waals surface area contributed by atoms with E-state index in [2.05, 4.69) is 34.6 Å². The molecule has 0 spiro atoms. The van der Waals surface area contributed by atoms with Gasteiger partial charge in [-0.2, -0.15) is 0 Å². The Labute approximate surface area is 190 Å². The number of benzene rings is 2. The monoisotopic (exact) mass is 440 g/mol. The Balaban J connectivity index is 2.37. The lowest BCUT2D eigenvalue weighted by molar-refractivity contribution is -0.156. The number of ether oxygens (including phenoxy) is 1. The van der Waals surface area contributed by atoms with Crippen LogP contribution < -0.4 is 10.4 Å². The molecule has 1 N–H and O–H groups in total. The summed E-state index contributed by atoms with van der Waals surface area (Å²) in [4.78, 5) is 25.3. The molecule has 0 amide bonds. The topological polar surface area (TPSA) is 46.5 Å². The SMILES string of the molecule is CCC(CC)OC(=O)[C@H](C)C(CC)CC(C)(C)[Si](O)(c1ccccc1)c1ccccc1. The molecular weight excluding hydrogens is 400 g/mol. The average molecular weight is 441 g/mol. The Bertz CT molecular complexity index is 760. The molecule has 0 aliphatic rings. The normalized spacial score (nSPS) is 14.3. The zero-order valence-electron chi connectivity index (χ0n) is 20.1. The van der Waals surface area contributed by atoms with Gasteiger partial charge in [0.15, 0.2) is 0 Å². The number of hydrogen-bond donors (Lipinski definition) is 1. The minimum absolute atomic E-state index is 0.0135. The second kappa shape index (κ2) is 11.1. The van der Waals surface area contributed by atoms with Crippen LogP contribution in [0, 0.1) is 11.8 Å². The molecule has 2 rings (SSSR count). The van der Waals surface area contributed by atoms with Gasteiger partial charge in [-0.05, 0) is 40.6 Å². The van der Waals surface area contributed by atoms with Crippen molar-refractivity contribution in [2.24, 2.45) is 11.8 Å². The van der Waals surface area contributed by atoms with Crippen molar-refractivity contribution < 1.29 is 14.3 Å². The van der Waals surface area contributed by atoms with Crippen LogP contribution in [0.1, 0.15) is 67.2 Å². The fourth-order valence-corrected chi connectivity index (χ4v) is 8.51. The third kappa shape index (κ3) is 5.66. The van der Waals surface area contributed by atoms with Gasteiger partial charge in [-0.15, -0.1) is 0 Å². The fourth-order valence-electron chi connectivity index (χ4n) is 4.70. The van der Waals surface area contributed by atoms with Gasteiger partial charge >= 0.3 is 5.97 Å². The Morgan fingerprint density at radius 2 is 1.35 bits per heavy atom. The molecule has 170 valence electrons. The van der Waals surface area contributed by atoms with Crippen molar-refractivity contribution in [1.29, 1.82) is 0 Å². The Morgan fingerprint density at radius 1 is 0.903 bits per heavy atom. The van der Waals surface area contributed by atoms with Crippen LogP contribution >= 0.6 is 0 Å². The van der Waals surface area contributed by atoms with E-state index in [1.54, 1.807) is 0 Å². The third-order valence-electron chi connectivity index (χ3n) is 6.93. The molecular formula is C27H40O3Si. The molecule has 4 heteroatoms. The first-order valence-corrected chi connectivity index (χ1v) is 13.7. The number of carbonyl (C=O) groups excluding carboxylic acids is 1. The highest BCUT2D eigenvalue weighted by molar-refractivity contribution is 6.98. The molecule has 0 aliphatic heterocycles. The molecule has 2 aromatic carbocycles. The average Bonchev–Trinajstić information content (AvgIpc) is 2.80. The molecule has 0 fully saturated rings. The smallest absolute Gasteiger partial charge is 0.309 e. The van der Waals surface area contributed by atoms with E-state index in [-0.39, 0.29) is 28.9 Å². The van der Waals surface area contributed by atoms with Gasteiger partial charge in [-0.1, -0.05) is 109 Å². The molecule has 1 unspecified atom stereocenters. The summed E-state index contributed by atoms with van der Waals surface area (Å²) >= 11 is 0. The van der Waals surface area contributed by atoms with Gasteiger partial charge in [0.25, 0.3) is 8.32 Å². The maximum Gasteiger partial charge on any atom is 0.309 e. The summed E-state index contributed by atoms with van der Waals surface area (Å²) in [7, 11) is -3.09. The summed E-state index contributed by atoms with van der Waals surface area (Å²) in [5, 5.41) is 1.64. The number of carbonyl (C=O) groups is 1. The predicted octanol–water partition coefficient (Wildman–Crippen LogP) is 5.30. The van der Waals surface area contributed by atoms with Crippen molar-refractivity contribution in [3.05, 3.63) is 60.7 Å². The summed E-state index contributed by atoms with van der Waals surface area (Å²) in [5.74, 6) is -0.168. The molecule has 0 aromatic heterocycles. The van der Waals surface area contributed by atoms with E-state index in [1.807, 2.05) is 67.6 Å². The van der Waals surface area contributed by atoms with Crippen LogP contribution in [-0.2, 0) is 9.53 Å². The highest BCUT2D eigenvalue weighted by Crippen LogP contribution is 2.44. The molecule has 2 aromatic rings. The lowest BCUT2D eigenvalue weighted by Crippen LogP contribution is -2.65. The second-order valence-electron chi connectivity index (χ2n) is 9.36. The minimum Gasteiger partial charge on any atom is -0.462 e. The van der Waals surface area contributed by atoms with Crippen molar-refractivity contribution in [2.75, 3.05) is 0 Å². The van der Waals surface area contributed by atoms with Crippen LogP contribution in [0.15, 0.2) is 60.7 Å². The molecule has 0 saturated heterocycles. The molecule has 0 heterocycles. The van der Waals surface area contributed by atoms with Gasteiger partial charge in [0, 0.05) is 0 Å². The summed E-state index contributed by atoms with van der Waals surface area (Å²) in [6.45, 7) is 12.6. The van der Waals surface area contributed by atoms with E-state index in [0.29, 0.717) is 0 Å². The largest absolute Gasteiger partial charge is 0.462 e. The van der Waals surface area contributed by atoms with Gasteiger partial charge in [0.1, 0.15) is 6.10 Å². The zero-order valence-corrected chi connectivity index (χ0v) is 21.1. The standard InChI is InChI=1S/C27H40O3Si/c1-7-22(21(4)26(28)30-23(8-2)9-3)20-27(5,6)31(29,24-16-12-10-13-17-24)25-18-14-11-15-19-25/h10-19,21-23,29H,7-9,20H2,1-6H3/t21-,22?/m1/s1. The van der Waals surface area contributed by atoms with Crippen molar-refractivity contribution in [1.82, 2.24) is 0 Å². The quantitative estimate of drug-likeness (QED) is 0.381. The molecule has 31 heavy (non-hydrogen) atoms. The van der Waals surface area contributed by atoms with E-state index in [1.165, 1.54) is 0 Å². The first kappa shape index (κ1) is 25.3. The van der Waals surface area contributed by atoms with Crippen molar-refractivity contribution >= 4 is 24.7 Å². The zero-order chi connectivity index (χ0) is 23.1. The summed E-state index contributed by atoms with van der Waals surface area (Å²) in [5.41, 5.74) is 0. The number of rotatable bonds is 11. The molecule has 0 bridgehead atoms. The van der Waals surface area contributed by atoms with Gasteiger partial charge in [0.05, 0.1) is 5.92 Å². The first-order valence-electron chi connectivity index (χ1n) is 11.7. The fraction of sp³-hybridized carbons (Fsp3) is 0.519. The predicted molar refractivity (Wildman–Crippen MR) is 132 cm³/mol. The van der Waals surface area contributed by atoms with Gasteiger partial charge in [-0.25, -0.2) is 0 Å². The van der Waals surface area contributed by atoms with E-state index >= 15 is 0 Å². The molecule has 0 saturated carbocycles. The van der Waals surface area contributed by atoms with E-state index in [0.717, 1.165) is 36.1 Å². The molecule has 2 atom stereocenters. The summed E-state index contributed by atoms with van der Waals surface area (Å²) in [6, 6.07) is 20.2. The van der Waals surface area contributed by atoms with Gasteiger partial charge in [0.2, 0.25) is 0 Å². The van der Waals surface area contributed by atoms with Gasteiger partial charge < -0.3 is 9.53 Å². The first-order chi connectivity index (χ1) is 14.7. The molecule has 0 radical (unpaired) electrons. The van der Waals surface area contributed by atoms with Crippen molar-refractivity contribution in [2.45, 2.75) is 78.4 Å². The maximum atomic E-state index is 12.9. The van der Waals surface area contributed by atoms with Crippen LogP contribution in [0.3, 0.4) is 0 Å². The summed E-state index contributed by atoms with van der Waals surface area (Å²) < 4.78 is 5.77. The van der Waals surface area contributed by atoms with E-state index in [4.69, 9.17) is 4.74 Å². The van der Waals surface area contributed by atoms with Crippen molar-refractivity contribution in [3.63, 3.8) is 0 Å². The van der Waals surface area contributed by atoms with Gasteiger partial charge in [-0.3, -0.25) is 4.79 Å². The maximum absolute atomic E-state index is 12.9. The summed E-state index contributed by atoms with van der Waals surface area (Å²) in [6.07, 6.45) is 3.30. The third-order valence-corrected chi connectivity index (χ3v) is 11.4. The van der Waals surface area contributed by atoms with Crippen LogP contribution in [-0.4, -0.2) is 25.2 Å². The highest BCUT2D eigenvalue weighted by Gasteiger charge is 2.51. The Hall–Kier alpha value is -1.91. The second-order valence-corrected chi connectivity index (χ2v) is 13.3. The van der Waals surface area contributed by atoms with Crippen LogP contribution in [0.2, 0.25) is 5.04 Å². The van der Waals surface area contributed by atoms with Crippen molar-refractivity contribution in [3.8, 4) is 0 Å². The van der Waals surface area contributed by atoms with E-state index < -0.39 is 8.32 Å². The van der Waals surface area contributed by atoms with E-state index in [9.17, 15) is 9.59 Å². The van der Waals surface area contributed by atoms with Crippen LogP contribution in [0.25, 0.3) is 0 Å². The highest BCUT2D eigenvalue weighted by atomic mass is 28.4. The molecule has 0 aliphatic carbocycles. The minimum atomic E-state index is -3.09. The number of hydrogen-bond acceptors (Lipinski definition) is 3. The Kier molecular flexibility index (Phi) is 9.08. The van der Waals surface area contributed by atoms with Crippen LogP contribution in [0.4, 0.5) is 0 Å². The lowest BCUT2D eigenvalue weighted by Gasteiger charge is -2.43.